The summed E-state index contributed by atoms with van der Waals surface area (Å²) in [6.07, 6.45) is 0. The molecule has 1 aliphatic heterocycles. The maximum Gasteiger partial charge on any atom is 0.253 e. The van der Waals surface area contributed by atoms with Crippen molar-refractivity contribution in [2.24, 2.45) is 0 Å². The van der Waals surface area contributed by atoms with Crippen LogP contribution in [0.4, 0.5) is 10.1 Å². The van der Waals surface area contributed by atoms with E-state index in [4.69, 9.17) is 0 Å². The zero-order valence-corrected chi connectivity index (χ0v) is 18.7. The number of benzene rings is 2. The second kappa shape index (κ2) is 8.60. The van der Waals surface area contributed by atoms with E-state index in [-0.39, 0.29) is 11.7 Å². The van der Waals surface area contributed by atoms with Crippen LogP contribution in [-0.4, -0.2) is 46.8 Å². The molecule has 0 spiro atoms. The first-order valence-electron chi connectivity index (χ1n) is 10.0. The van der Waals surface area contributed by atoms with E-state index in [0.717, 1.165) is 21.4 Å². The predicted octanol–water partition coefficient (Wildman–Crippen LogP) is 4.41. The van der Waals surface area contributed by atoms with Gasteiger partial charge in [0.05, 0.1) is 28.1 Å². The predicted molar refractivity (Wildman–Crippen MR) is 119 cm³/mol. The van der Waals surface area contributed by atoms with E-state index in [0.29, 0.717) is 44.0 Å². The summed E-state index contributed by atoms with van der Waals surface area (Å²) in [6, 6.07) is 14.5. The van der Waals surface area contributed by atoms with Gasteiger partial charge < -0.3 is 9.80 Å². The van der Waals surface area contributed by atoms with E-state index < -0.39 is 0 Å². The Morgan fingerprint density at radius 1 is 1.03 bits per heavy atom. The van der Waals surface area contributed by atoms with Crippen LogP contribution >= 0.6 is 15.9 Å². The van der Waals surface area contributed by atoms with Gasteiger partial charge in [-0.1, -0.05) is 24.3 Å². The maximum absolute atomic E-state index is 14.0. The van der Waals surface area contributed by atoms with Gasteiger partial charge >= 0.3 is 0 Å². The molecule has 2 heterocycles. The fraction of sp³-hybridized carbons (Fsp3) is 0.304. The third-order valence-electron chi connectivity index (χ3n) is 5.59. The van der Waals surface area contributed by atoms with Crippen LogP contribution in [0.3, 0.4) is 0 Å². The van der Waals surface area contributed by atoms with Crippen LogP contribution in [0.15, 0.2) is 53.0 Å². The van der Waals surface area contributed by atoms with E-state index in [1.807, 2.05) is 58.7 Å². The Kier molecular flexibility index (Phi) is 5.90. The van der Waals surface area contributed by atoms with Gasteiger partial charge in [-0.25, -0.2) is 4.39 Å². The van der Waals surface area contributed by atoms with E-state index in [1.54, 1.807) is 12.1 Å². The number of anilines is 1. The zero-order valence-electron chi connectivity index (χ0n) is 17.1. The molecule has 0 radical (unpaired) electrons. The van der Waals surface area contributed by atoms with Gasteiger partial charge in [-0.2, -0.15) is 5.10 Å². The Hall–Kier alpha value is -2.67. The van der Waals surface area contributed by atoms with Gasteiger partial charge in [0, 0.05) is 31.7 Å². The molecule has 1 saturated heterocycles. The van der Waals surface area contributed by atoms with Crippen molar-refractivity contribution in [2.75, 3.05) is 31.1 Å². The number of para-hydroxylation sites is 1. The molecule has 0 N–H and O–H groups in total. The van der Waals surface area contributed by atoms with E-state index in [2.05, 4.69) is 21.0 Å². The van der Waals surface area contributed by atoms with Crippen molar-refractivity contribution < 1.29 is 9.18 Å². The van der Waals surface area contributed by atoms with Gasteiger partial charge in [-0.15, -0.1) is 0 Å². The molecule has 2 aromatic carbocycles. The van der Waals surface area contributed by atoms with Crippen LogP contribution in [0.1, 0.15) is 27.3 Å². The normalized spacial score (nSPS) is 14.3. The summed E-state index contributed by atoms with van der Waals surface area (Å²) in [4.78, 5) is 16.7. The average molecular weight is 471 g/mol. The molecule has 1 fully saturated rings. The molecule has 0 bridgehead atoms. The topological polar surface area (TPSA) is 41.4 Å². The van der Waals surface area contributed by atoms with Crippen molar-refractivity contribution in [3.8, 4) is 0 Å². The van der Waals surface area contributed by atoms with Crippen LogP contribution in [0.5, 0.6) is 0 Å². The highest BCUT2D eigenvalue weighted by atomic mass is 79.9. The fourth-order valence-corrected chi connectivity index (χ4v) is 4.08. The zero-order chi connectivity index (χ0) is 21.3. The fourth-order valence-electron chi connectivity index (χ4n) is 3.80. The lowest BCUT2D eigenvalue weighted by atomic mass is 10.1. The van der Waals surface area contributed by atoms with Gasteiger partial charge in [-0.3, -0.25) is 9.48 Å². The van der Waals surface area contributed by atoms with Gasteiger partial charge in [0.2, 0.25) is 0 Å². The molecule has 30 heavy (non-hydrogen) atoms. The largest absolute Gasteiger partial charge is 0.366 e. The van der Waals surface area contributed by atoms with Crippen molar-refractivity contribution in [1.29, 1.82) is 0 Å². The smallest absolute Gasteiger partial charge is 0.253 e. The first-order valence-corrected chi connectivity index (χ1v) is 10.8. The molecule has 0 aliphatic carbocycles. The van der Waals surface area contributed by atoms with Crippen molar-refractivity contribution in [3.05, 3.63) is 81.3 Å². The summed E-state index contributed by atoms with van der Waals surface area (Å²) < 4.78 is 17.0. The lowest BCUT2D eigenvalue weighted by molar-refractivity contribution is 0.0746. The molecule has 0 unspecified atom stereocenters. The Morgan fingerprint density at radius 2 is 1.70 bits per heavy atom. The summed E-state index contributed by atoms with van der Waals surface area (Å²) >= 11 is 3.55. The van der Waals surface area contributed by atoms with Crippen LogP contribution in [0, 0.1) is 19.7 Å². The minimum absolute atomic E-state index is 0.0172. The Bertz CT molecular complexity index is 1060. The summed E-state index contributed by atoms with van der Waals surface area (Å²) in [5.41, 5.74) is 4.42. The number of aromatic nitrogens is 2. The minimum atomic E-state index is -0.220. The van der Waals surface area contributed by atoms with Crippen LogP contribution in [-0.2, 0) is 6.54 Å². The van der Waals surface area contributed by atoms with Gasteiger partial charge in [0.1, 0.15) is 5.82 Å². The quantitative estimate of drug-likeness (QED) is 0.566. The molecule has 156 valence electrons. The van der Waals surface area contributed by atoms with E-state index in [1.165, 1.54) is 6.07 Å². The van der Waals surface area contributed by atoms with Crippen LogP contribution in [0.2, 0.25) is 0 Å². The summed E-state index contributed by atoms with van der Waals surface area (Å²) in [5, 5.41) is 4.54. The first kappa shape index (κ1) is 20.6. The molecule has 1 amide bonds. The number of nitrogens with zero attached hydrogens (tertiary/aromatic N) is 4. The van der Waals surface area contributed by atoms with Gasteiger partial charge in [0.25, 0.3) is 5.91 Å². The highest BCUT2D eigenvalue weighted by Crippen LogP contribution is 2.22. The molecule has 0 saturated carbocycles. The minimum Gasteiger partial charge on any atom is -0.366 e. The number of carbonyl (C=O) groups is 1. The number of rotatable bonds is 4. The Balaban J connectivity index is 1.38. The lowest BCUT2D eigenvalue weighted by Gasteiger charge is -2.36. The monoisotopic (exact) mass is 470 g/mol. The lowest BCUT2D eigenvalue weighted by Crippen LogP contribution is -2.49. The number of hydrogen-bond acceptors (Lipinski definition) is 3. The van der Waals surface area contributed by atoms with Gasteiger partial charge in [-0.05, 0) is 59.6 Å². The van der Waals surface area contributed by atoms with Crippen LogP contribution < -0.4 is 4.90 Å². The molecule has 3 aromatic rings. The van der Waals surface area contributed by atoms with Gasteiger partial charge in [0.15, 0.2) is 0 Å². The molecular weight excluding hydrogens is 447 g/mol. The number of amides is 1. The van der Waals surface area contributed by atoms with E-state index in [9.17, 15) is 9.18 Å². The molecule has 1 aliphatic rings. The molecular formula is C23H24BrFN4O. The van der Waals surface area contributed by atoms with Crippen molar-refractivity contribution >= 4 is 27.5 Å². The molecule has 1 aromatic heterocycles. The number of aryl methyl sites for hydroxylation is 1. The first-order chi connectivity index (χ1) is 14.4. The standard InChI is InChI=1S/C23H24BrFN4O/c1-16-22(24)17(2)29(26-16)15-18-7-9-19(10-8-18)23(30)28-13-11-27(12-14-28)21-6-4-3-5-20(21)25/h3-10H,11-15H2,1-2H3. The molecule has 4 rings (SSSR count). The Labute approximate surface area is 184 Å². The second-order valence-corrected chi connectivity index (χ2v) is 8.36. The van der Waals surface area contributed by atoms with Crippen molar-refractivity contribution in [2.45, 2.75) is 20.4 Å². The second-order valence-electron chi connectivity index (χ2n) is 7.57. The number of carbonyl (C=O) groups excluding carboxylic acids is 1. The van der Waals surface area contributed by atoms with Crippen molar-refractivity contribution in [1.82, 2.24) is 14.7 Å². The molecule has 0 atom stereocenters. The van der Waals surface area contributed by atoms with E-state index >= 15 is 0 Å². The SMILES string of the molecule is Cc1nn(Cc2ccc(C(=O)N3CCN(c4ccccc4F)CC3)cc2)c(C)c1Br. The number of halogens is 2. The third kappa shape index (κ3) is 4.12. The maximum atomic E-state index is 14.0. The molecule has 5 nitrogen and oxygen atoms in total. The third-order valence-corrected chi connectivity index (χ3v) is 6.73. The number of hydrogen-bond donors (Lipinski definition) is 0. The van der Waals surface area contributed by atoms with Crippen molar-refractivity contribution in [3.63, 3.8) is 0 Å². The number of piperazine rings is 1. The summed E-state index contributed by atoms with van der Waals surface area (Å²) in [7, 11) is 0. The van der Waals surface area contributed by atoms with Crippen LogP contribution in [0.25, 0.3) is 0 Å². The highest BCUT2D eigenvalue weighted by molar-refractivity contribution is 9.10. The molecule has 7 heteroatoms. The summed E-state index contributed by atoms with van der Waals surface area (Å²) in [6.45, 7) is 7.07. The highest BCUT2D eigenvalue weighted by Gasteiger charge is 2.23. The average Bonchev–Trinajstić information content (AvgIpc) is 3.01. The Morgan fingerprint density at radius 3 is 2.30 bits per heavy atom. The summed E-state index contributed by atoms with van der Waals surface area (Å²) in [5.74, 6) is -0.203.